The van der Waals surface area contributed by atoms with Gasteiger partial charge >= 0.3 is 11.2 Å². The van der Waals surface area contributed by atoms with Gasteiger partial charge in [-0.2, -0.15) is 0 Å². The molecular formula is C18H18N4O4. The topological polar surface area (TPSA) is 90.0 Å². The summed E-state index contributed by atoms with van der Waals surface area (Å²) in [4.78, 5) is 29.2. The van der Waals surface area contributed by atoms with E-state index < -0.39 is 16.2 Å². The van der Waals surface area contributed by atoms with Crippen LogP contribution in [-0.4, -0.2) is 28.0 Å². The van der Waals surface area contributed by atoms with Crippen LogP contribution in [-0.2, 0) is 6.54 Å². The molecule has 3 rings (SSSR count). The SMILES string of the molecule is CCOc1ccc(CN(C)c2nc3ccccn3c(=O)c2[N+](=O)[O-])cc1. The second kappa shape index (κ2) is 7.22. The first-order chi connectivity index (χ1) is 12.5. The normalized spacial score (nSPS) is 10.7. The molecule has 2 aromatic heterocycles. The summed E-state index contributed by atoms with van der Waals surface area (Å²) in [6.45, 7) is 2.85. The summed E-state index contributed by atoms with van der Waals surface area (Å²) in [6, 6.07) is 12.4. The fourth-order valence-corrected chi connectivity index (χ4v) is 2.70. The van der Waals surface area contributed by atoms with Gasteiger partial charge in [-0.1, -0.05) is 18.2 Å². The standard InChI is InChI=1S/C18H18N4O4/c1-3-26-14-9-7-13(8-10-14)12-20(2)17-16(22(24)25)18(23)21-11-5-4-6-15(21)19-17/h4-11H,3,12H2,1-2H3. The molecular weight excluding hydrogens is 336 g/mol. The van der Waals surface area contributed by atoms with Gasteiger partial charge in [0, 0.05) is 19.8 Å². The summed E-state index contributed by atoms with van der Waals surface area (Å²) in [5.41, 5.74) is 0.0354. The van der Waals surface area contributed by atoms with Crippen molar-refractivity contribution in [2.24, 2.45) is 0 Å². The van der Waals surface area contributed by atoms with Gasteiger partial charge in [-0.15, -0.1) is 0 Å². The third kappa shape index (κ3) is 3.34. The Bertz CT molecular complexity index is 998. The Hall–Kier alpha value is -3.42. The monoisotopic (exact) mass is 354 g/mol. The minimum atomic E-state index is -0.700. The maximum atomic E-state index is 12.5. The average molecular weight is 354 g/mol. The molecule has 0 aliphatic carbocycles. The van der Waals surface area contributed by atoms with Gasteiger partial charge in [0.1, 0.15) is 11.4 Å². The molecule has 26 heavy (non-hydrogen) atoms. The lowest BCUT2D eigenvalue weighted by Gasteiger charge is -2.18. The highest BCUT2D eigenvalue weighted by atomic mass is 16.6. The first-order valence-electron chi connectivity index (χ1n) is 8.10. The summed E-state index contributed by atoms with van der Waals surface area (Å²) in [5, 5.41) is 11.5. The smallest absolute Gasteiger partial charge is 0.376 e. The summed E-state index contributed by atoms with van der Waals surface area (Å²) < 4.78 is 6.58. The maximum absolute atomic E-state index is 12.5. The highest BCUT2D eigenvalue weighted by molar-refractivity contribution is 5.61. The lowest BCUT2D eigenvalue weighted by atomic mass is 10.2. The first-order valence-corrected chi connectivity index (χ1v) is 8.10. The number of ether oxygens (including phenoxy) is 1. The van der Waals surface area contributed by atoms with E-state index in [1.54, 1.807) is 30.1 Å². The van der Waals surface area contributed by atoms with Crippen LogP contribution >= 0.6 is 0 Å². The van der Waals surface area contributed by atoms with Crippen molar-refractivity contribution in [3.05, 3.63) is 74.7 Å². The molecule has 0 radical (unpaired) electrons. The second-order valence-corrected chi connectivity index (χ2v) is 5.71. The summed E-state index contributed by atoms with van der Waals surface area (Å²) in [7, 11) is 1.67. The van der Waals surface area contributed by atoms with Gasteiger partial charge in [-0.05, 0) is 36.8 Å². The van der Waals surface area contributed by atoms with Crippen molar-refractivity contribution in [3.8, 4) is 5.75 Å². The Morgan fingerprint density at radius 1 is 1.23 bits per heavy atom. The van der Waals surface area contributed by atoms with Gasteiger partial charge in [-0.3, -0.25) is 19.3 Å². The van der Waals surface area contributed by atoms with E-state index in [0.29, 0.717) is 18.8 Å². The van der Waals surface area contributed by atoms with Crippen molar-refractivity contribution in [2.75, 3.05) is 18.6 Å². The van der Waals surface area contributed by atoms with E-state index in [4.69, 9.17) is 4.74 Å². The quantitative estimate of drug-likeness (QED) is 0.499. The van der Waals surface area contributed by atoms with Crippen LogP contribution < -0.4 is 15.2 Å². The average Bonchev–Trinajstić information content (AvgIpc) is 2.63. The number of hydrogen-bond acceptors (Lipinski definition) is 6. The Morgan fingerprint density at radius 3 is 2.62 bits per heavy atom. The number of aromatic nitrogens is 2. The maximum Gasteiger partial charge on any atom is 0.376 e. The van der Waals surface area contributed by atoms with Crippen LogP contribution in [0.25, 0.3) is 5.65 Å². The summed E-state index contributed by atoms with van der Waals surface area (Å²) in [6.07, 6.45) is 1.47. The minimum Gasteiger partial charge on any atom is -0.494 e. The largest absolute Gasteiger partial charge is 0.494 e. The molecule has 0 aliphatic rings. The molecule has 0 spiro atoms. The van der Waals surface area contributed by atoms with Crippen molar-refractivity contribution < 1.29 is 9.66 Å². The fraction of sp³-hybridized carbons (Fsp3) is 0.222. The molecule has 8 heteroatoms. The molecule has 3 aromatic rings. The Labute approximate surface area is 149 Å². The molecule has 0 bridgehead atoms. The van der Waals surface area contributed by atoms with E-state index in [0.717, 1.165) is 11.3 Å². The zero-order valence-corrected chi connectivity index (χ0v) is 14.5. The number of fused-ring (bicyclic) bond motifs is 1. The van der Waals surface area contributed by atoms with Crippen LogP contribution in [0.4, 0.5) is 11.5 Å². The van der Waals surface area contributed by atoms with Gasteiger partial charge < -0.3 is 9.64 Å². The fourth-order valence-electron chi connectivity index (χ4n) is 2.70. The van der Waals surface area contributed by atoms with Crippen molar-refractivity contribution in [1.29, 1.82) is 0 Å². The molecule has 0 saturated carbocycles. The number of benzene rings is 1. The van der Waals surface area contributed by atoms with E-state index in [1.165, 1.54) is 10.6 Å². The van der Waals surface area contributed by atoms with Crippen LogP contribution in [0.2, 0.25) is 0 Å². The number of pyridine rings is 1. The molecule has 1 aromatic carbocycles. The summed E-state index contributed by atoms with van der Waals surface area (Å²) >= 11 is 0. The van der Waals surface area contributed by atoms with E-state index in [9.17, 15) is 14.9 Å². The van der Waals surface area contributed by atoms with Crippen molar-refractivity contribution in [1.82, 2.24) is 9.38 Å². The van der Waals surface area contributed by atoms with Crippen LogP contribution in [0.5, 0.6) is 5.75 Å². The molecule has 0 aliphatic heterocycles. The number of nitrogens with zero attached hydrogens (tertiary/aromatic N) is 4. The number of nitro groups is 1. The van der Waals surface area contributed by atoms with E-state index >= 15 is 0 Å². The number of anilines is 1. The Balaban J connectivity index is 1.99. The highest BCUT2D eigenvalue weighted by Gasteiger charge is 2.26. The van der Waals surface area contributed by atoms with Crippen molar-refractivity contribution >= 4 is 17.2 Å². The van der Waals surface area contributed by atoms with Gasteiger partial charge in [0.15, 0.2) is 0 Å². The molecule has 8 nitrogen and oxygen atoms in total. The van der Waals surface area contributed by atoms with E-state index in [-0.39, 0.29) is 5.82 Å². The first kappa shape index (κ1) is 17.4. The zero-order chi connectivity index (χ0) is 18.7. The molecule has 0 N–H and O–H groups in total. The van der Waals surface area contributed by atoms with E-state index in [2.05, 4.69) is 4.98 Å². The predicted octanol–water partition coefficient (Wildman–Crippen LogP) is 2.64. The lowest BCUT2D eigenvalue weighted by molar-refractivity contribution is -0.385. The molecule has 134 valence electrons. The highest BCUT2D eigenvalue weighted by Crippen LogP contribution is 2.23. The zero-order valence-electron chi connectivity index (χ0n) is 14.5. The Morgan fingerprint density at radius 2 is 1.96 bits per heavy atom. The summed E-state index contributed by atoms with van der Waals surface area (Å²) in [5.74, 6) is 0.798. The number of hydrogen-bond donors (Lipinski definition) is 0. The van der Waals surface area contributed by atoms with Gasteiger partial charge in [0.25, 0.3) is 0 Å². The van der Waals surface area contributed by atoms with Gasteiger partial charge in [-0.25, -0.2) is 4.98 Å². The Kier molecular flexibility index (Phi) is 4.83. The molecule has 0 fully saturated rings. The van der Waals surface area contributed by atoms with Crippen LogP contribution in [0.1, 0.15) is 12.5 Å². The molecule has 0 amide bonds. The van der Waals surface area contributed by atoms with Gasteiger partial charge in [0.05, 0.1) is 11.5 Å². The second-order valence-electron chi connectivity index (χ2n) is 5.71. The van der Waals surface area contributed by atoms with Crippen LogP contribution in [0.3, 0.4) is 0 Å². The molecule has 0 unspecified atom stereocenters. The lowest BCUT2D eigenvalue weighted by Crippen LogP contribution is -2.26. The van der Waals surface area contributed by atoms with Crippen molar-refractivity contribution in [2.45, 2.75) is 13.5 Å². The minimum absolute atomic E-state index is 0.0417. The van der Waals surface area contributed by atoms with Crippen molar-refractivity contribution in [3.63, 3.8) is 0 Å². The third-order valence-corrected chi connectivity index (χ3v) is 3.89. The van der Waals surface area contributed by atoms with Crippen LogP contribution in [0.15, 0.2) is 53.5 Å². The molecule has 0 atom stereocenters. The predicted molar refractivity (Wildman–Crippen MR) is 97.8 cm³/mol. The number of rotatable bonds is 6. The van der Waals surface area contributed by atoms with Gasteiger partial charge in [0.2, 0.25) is 5.82 Å². The molecule has 2 heterocycles. The third-order valence-electron chi connectivity index (χ3n) is 3.89. The van der Waals surface area contributed by atoms with E-state index in [1.807, 2.05) is 31.2 Å². The molecule has 0 saturated heterocycles. The van der Waals surface area contributed by atoms with Crippen LogP contribution in [0, 0.1) is 10.1 Å².